The van der Waals surface area contributed by atoms with Crippen molar-refractivity contribution in [1.82, 2.24) is 0 Å². The molecule has 2 aliphatic heterocycles. The van der Waals surface area contributed by atoms with Gasteiger partial charge in [0.05, 0.1) is 23.4 Å². The van der Waals surface area contributed by atoms with E-state index in [1.807, 2.05) is 44.2 Å². The van der Waals surface area contributed by atoms with Gasteiger partial charge < -0.3 is 9.64 Å². The summed E-state index contributed by atoms with van der Waals surface area (Å²) in [5, 5.41) is 0. The number of carbonyl (C=O) groups excluding carboxylic acids is 4. The average molecular weight is 473 g/mol. The third kappa shape index (κ3) is 4.16. The molecule has 0 spiro atoms. The lowest BCUT2D eigenvalue weighted by Crippen LogP contribution is -2.31. The summed E-state index contributed by atoms with van der Waals surface area (Å²) in [7, 11) is 0. The van der Waals surface area contributed by atoms with Crippen molar-refractivity contribution in [3.8, 4) is 5.75 Å². The van der Waals surface area contributed by atoms with Crippen LogP contribution in [-0.4, -0.2) is 30.2 Å². The molecule has 0 unspecified atom stereocenters. The van der Waals surface area contributed by atoms with E-state index in [-0.39, 0.29) is 42.5 Å². The van der Waals surface area contributed by atoms with Gasteiger partial charge in [0.1, 0.15) is 5.75 Å². The van der Waals surface area contributed by atoms with Crippen LogP contribution in [0.4, 0.5) is 11.4 Å². The smallest absolute Gasteiger partial charge is 0.316 e. The second-order valence-corrected chi connectivity index (χ2v) is 9.83. The molecule has 3 amide bonds. The number of nitrogens with zero attached hydrogens (tertiary/aromatic N) is 2. The predicted octanol–water partition coefficient (Wildman–Crippen LogP) is 4.11. The fourth-order valence-electron chi connectivity index (χ4n) is 5.26. The number of rotatable bonds is 4. The second-order valence-electron chi connectivity index (χ2n) is 9.83. The van der Waals surface area contributed by atoms with Crippen molar-refractivity contribution in [3.63, 3.8) is 0 Å². The summed E-state index contributed by atoms with van der Waals surface area (Å²) < 4.78 is 5.60. The molecule has 3 atom stereocenters. The van der Waals surface area contributed by atoms with Gasteiger partial charge >= 0.3 is 5.97 Å². The quantitative estimate of drug-likeness (QED) is 0.289. The Kier molecular flexibility index (Phi) is 5.79. The molecule has 2 saturated heterocycles. The normalized spacial score (nSPS) is 24.0. The minimum Gasteiger partial charge on any atom is -0.426 e. The summed E-state index contributed by atoms with van der Waals surface area (Å²) in [6, 6.07) is 12.5. The minimum absolute atomic E-state index is 0.0940. The van der Waals surface area contributed by atoms with Crippen LogP contribution in [0.5, 0.6) is 5.75 Å². The fourth-order valence-corrected chi connectivity index (χ4v) is 5.26. The van der Waals surface area contributed by atoms with Crippen LogP contribution in [0.3, 0.4) is 0 Å². The first-order valence-corrected chi connectivity index (χ1v) is 12.0. The highest BCUT2D eigenvalue weighted by Crippen LogP contribution is 2.41. The Morgan fingerprint density at radius 1 is 0.914 bits per heavy atom. The van der Waals surface area contributed by atoms with Crippen LogP contribution in [0.1, 0.15) is 37.3 Å². The zero-order valence-electron chi connectivity index (χ0n) is 20.1. The molecule has 5 rings (SSSR count). The Hall–Kier alpha value is -3.74. The molecule has 0 N–H and O–H groups in total. The van der Waals surface area contributed by atoms with Crippen LogP contribution >= 0.6 is 0 Å². The molecule has 2 aromatic rings. The van der Waals surface area contributed by atoms with Gasteiger partial charge in [-0.25, -0.2) is 4.90 Å². The van der Waals surface area contributed by atoms with Crippen molar-refractivity contribution in [3.05, 3.63) is 65.2 Å². The van der Waals surface area contributed by atoms with Crippen molar-refractivity contribution in [2.24, 2.45) is 17.8 Å². The number of aryl methyl sites for hydroxylation is 2. The summed E-state index contributed by atoms with van der Waals surface area (Å²) in [4.78, 5) is 54.3. The average Bonchev–Trinajstić information content (AvgIpc) is 3.32. The van der Waals surface area contributed by atoms with E-state index in [0.29, 0.717) is 29.8 Å². The maximum Gasteiger partial charge on any atom is 0.316 e. The molecule has 2 aromatic carbocycles. The monoisotopic (exact) mass is 472 g/mol. The lowest BCUT2D eigenvalue weighted by molar-refractivity contribution is -0.139. The van der Waals surface area contributed by atoms with Gasteiger partial charge in [0.25, 0.3) is 0 Å². The molecule has 180 valence electrons. The number of allylic oxidation sites excluding steroid dienone is 2. The van der Waals surface area contributed by atoms with E-state index in [4.69, 9.17) is 4.74 Å². The summed E-state index contributed by atoms with van der Waals surface area (Å²) in [5.41, 5.74) is 4.19. The van der Waals surface area contributed by atoms with Crippen LogP contribution < -0.4 is 14.5 Å². The Morgan fingerprint density at radius 2 is 1.63 bits per heavy atom. The zero-order chi connectivity index (χ0) is 24.9. The van der Waals surface area contributed by atoms with Crippen molar-refractivity contribution >= 4 is 35.1 Å². The van der Waals surface area contributed by atoms with Crippen LogP contribution in [0.15, 0.2) is 54.1 Å². The zero-order valence-corrected chi connectivity index (χ0v) is 20.1. The van der Waals surface area contributed by atoms with Crippen molar-refractivity contribution < 1.29 is 23.9 Å². The second kappa shape index (κ2) is 8.80. The number of esters is 1. The first-order chi connectivity index (χ1) is 16.7. The van der Waals surface area contributed by atoms with Gasteiger partial charge in [0, 0.05) is 18.7 Å². The number of imide groups is 1. The van der Waals surface area contributed by atoms with E-state index in [9.17, 15) is 19.2 Å². The molecule has 0 bridgehead atoms. The van der Waals surface area contributed by atoms with Crippen LogP contribution in [0.25, 0.3) is 0 Å². The highest BCUT2D eigenvalue weighted by atomic mass is 16.5. The maximum absolute atomic E-state index is 13.0. The van der Waals surface area contributed by atoms with Gasteiger partial charge in [-0.1, -0.05) is 29.3 Å². The number of hydrogen-bond donors (Lipinski definition) is 0. The number of fused-ring (bicyclic) bond motifs is 1. The number of benzene rings is 2. The molecule has 7 nitrogen and oxygen atoms in total. The topological polar surface area (TPSA) is 84.0 Å². The number of ether oxygens (including phenoxy) is 1. The first kappa shape index (κ1) is 23.0. The minimum atomic E-state index is -0.565. The molecular formula is C28H28N2O5. The summed E-state index contributed by atoms with van der Waals surface area (Å²) >= 11 is 0. The number of hydrogen-bond acceptors (Lipinski definition) is 5. The molecule has 0 radical (unpaired) electrons. The van der Waals surface area contributed by atoms with E-state index < -0.39 is 11.9 Å². The third-order valence-electron chi connectivity index (χ3n) is 7.25. The Bertz CT molecular complexity index is 1260. The van der Waals surface area contributed by atoms with E-state index >= 15 is 0 Å². The van der Waals surface area contributed by atoms with Gasteiger partial charge in [-0.15, -0.1) is 0 Å². The summed E-state index contributed by atoms with van der Waals surface area (Å²) in [6.45, 7) is 6.02. The van der Waals surface area contributed by atoms with Crippen molar-refractivity contribution in [2.45, 2.75) is 40.0 Å². The number of carbonyl (C=O) groups is 4. The molecule has 0 aromatic heterocycles. The molecule has 3 aliphatic rings. The maximum atomic E-state index is 13.0. The summed E-state index contributed by atoms with van der Waals surface area (Å²) in [5.74, 6) is -1.77. The highest BCUT2D eigenvalue weighted by molar-refractivity contribution is 6.22. The largest absolute Gasteiger partial charge is 0.426 e. The standard InChI is InChI=1S/C28H28N2O5/c1-16-4-7-20(8-5-16)29-15-19(14-25(29)31)28(34)35-21-9-11-24(18(3)13-21)30-26(32)22-10-6-17(2)12-23(22)27(30)33/h4-9,11,13,19,22-23H,10,12,14-15H2,1-3H3/t19-,22-,23-/m0/s1. The van der Waals surface area contributed by atoms with Crippen LogP contribution in [0, 0.1) is 31.6 Å². The fraction of sp³-hybridized carbons (Fsp3) is 0.357. The number of amides is 3. The molecular weight excluding hydrogens is 444 g/mol. The Morgan fingerprint density at radius 3 is 2.34 bits per heavy atom. The van der Waals surface area contributed by atoms with Gasteiger partial charge in [-0.05, 0) is 69.5 Å². The molecule has 2 heterocycles. The van der Waals surface area contributed by atoms with E-state index in [1.54, 1.807) is 30.0 Å². The molecule has 7 heteroatoms. The Labute approximate surface area is 204 Å². The summed E-state index contributed by atoms with van der Waals surface area (Å²) in [6.07, 6.45) is 3.34. The van der Waals surface area contributed by atoms with Gasteiger partial charge in [-0.3, -0.25) is 19.2 Å². The molecule has 2 fully saturated rings. The van der Waals surface area contributed by atoms with Crippen LogP contribution in [-0.2, 0) is 19.2 Å². The van der Waals surface area contributed by atoms with E-state index in [0.717, 1.165) is 16.8 Å². The molecule has 0 saturated carbocycles. The third-order valence-corrected chi connectivity index (χ3v) is 7.25. The molecule has 35 heavy (non-hydrogen) atoms. The van der Waals surface area contributed by atoms with Crippen molar-refractivity contribution in [2.75, 3.05) is 16.3 Å². The number of anilines is 2. The lowest BCUT2D eigenvalue weighted by Gasteiger charge is -2.19. The van der Waals surface area contributed by atoms with E-state index in [1.165, 1.54) is 4.90 Å². The SMILES string of the molecule is CC1=CC[C@@H]2C(=O)N(c3ccc(OC(=O)[C@H]4CC(=O)N(c5ccc(C)cc5)C4)cc3C)C(=O)[C@H]2C1. The van der Waals surface area contributed by atoms with Gasteiger partial charge in [0.2, 0.25) is 17.7 Å². The van der Waals surface area contributed by atoms with Crippen molar-refractivity contribution in [1.29, 1.82) is 0 Å². The first-order valence-electron chi connectivity index (χ1n) is 12.0. The Balaban J connectivity index is 1.28. The highest BCUT2D eigenvalue weighted by Gasteiger charge is 2.49. The molecule has 1 aliphatic carbocycles. The predicted molar refractivity (Wildman–Crippen MR) is 131 cm³/mol. The van der Waals surface area contributed by atoms with E-state index in [2.05, 4.69) is 0 Å². The van der Waals surface area contributed by atoms with Crippen LogP contribution in [0.2, 0.25) is 0 Å². The lowest BCUT2D eigenvalue weighted by atomic mass is 9.82. The van der Waals surface area contributed by atoms with Gasteiger partial charge in [-0.2, -0.15) is 0 Å². The van der Waals surface area contributed by atoms with Gasteiger partial charge in [0.15, 0.2) is 0 Å².